The van der Waals surface area contributed by atoms with Crippen molar-refractivity contribution in [3.8, 4) is 0 Å². The molecule has 0 heterocycles. The van der Waals surface area contributed by atoms with Crippen molar-refractivity contribution < 1.29 is 0 Å². The first-order valence-electron chi connectivity index (χ1n) is 7.51. The second-order valence-electron chi connectivity index (χ2n) is 4.33. The molecule has 2 aliphatic rings. The van der Waals surface area contributed by atoms with Gasteiger partial charge in [-0.05, 0) is 43.4 Å². The molecule has 0 amide bonds. The van der Waals surface area contributed by atoms with E-state index in [0.717, 1.165) is 17.8 Å². The molecule has 0 spiro atoms. The van der Waals surface area contributed by atoms with Crippen LogP contribution in [0.5, 0.6) is 0 Å². The van der Waals surface area contributed by atoms with E-state index in [0.29, 0.717) is 6.04 Å². The van der Waals surface area contributed by atoms with Crippen LogP contribution in [0, 0.1) is 17.8 Å². The lowest BCUT2D eigenvalue weighted by atomic mass is 9.61. The number of hydrogen-bond acceptors (Lipinski definition) is 1. The van der Waals surface area contributed by atoms with Crippen LogP contribution in [0.2, 0.25) is 0 Å². The molecule has 0 radical (unpaired) electrons. The van der Waals surface area contributed by atoms with Crippen molar-refractivity contribution in [1.82, 2.24) is 0 Å². The summed E-state index contributed by atoms with van der Waals surface area (Å²) in [5, 5.41) is 0. The molecule has 2 fully saturated rings. The SMILES string of the molecule is CC.CC.CC.CC1CC(C2CC(N)C2)C1. The molecular formula is C15H35N. The highest BCUT2D eigenvalue weighted by molar-refractivity contribution is 4.91. The van der Waals surface area contributed by atoms with E-state index in [-0.39, 0.29) is 0 Å². The van der Waals surface area contributed by atoms with Crippen molar-refractivity contribution in [3.05, 3.63) is 0 Å². The minimum atomic E-state index is 0.556. The molecule has 16 heavy (non-hydrogen) atoms. The molecule has 100 valence electrons. The van der Waals surface area contributed by atoms with Crippen LogP contribution in [0.3, 0.4) is 0 Å². The van der Waals surface area contributed by atoms with Gasteiger partial charge in [-0.25, -0.2) is 0 Å². The van der Waals surface area contributed by atoms with Gasteiger partial charge in [0.25, 0.3) is 0 Å². The van der Waals surface area contributed by atoms with Crippen LogP contribution in [-0.2, 0) is 0 Å². The van der Waals surface area contributed by atoms with E-state index in [1.54, 1.807) is 0 Å². The summed E-state index contributed by atoms with van der Waals surface area (Å²) in [4.78, 5) is 0. The van der Waals surface area contributed by atoms with Crippen molar-refractivity contribution >= 4 is 0 Å². The lowest BCUT2D eigenvalue weighted by molar-refractivity contribution is 0.0698. The van der Waals surface area contributed by atoms with Gasteiger partial charge in [-0.3, -0.25) is 0 Å². The Hall–Kier alpha value is -0.0400. The highest BCUT2D eigenvalue weighted by Crippen LogP contribution is 2.45. The van der Waals surface area contributed by atoms with Gasteiger partial charge >= 0.3 is 0 Å². The van der Waals surface area contributed by atoms with Crippen molar-refractivity contribution in [2.24, 2.45) is 23.5 Å². The van der Waals surface area contributed by atoms with Crippen LogP contribution in [-0.4, -0.2) is 6.04 Å². The standard InChI is InChI=1S/C9H17N.3C2H6/c1-6-2-7(3-6)8-4-9(10)5-8;3*1-2/h6-9H,2-5,10H2,1H3;3*1-2H3. The summed E-state index contributed by atoms with van der Waals surface area (Å²) < 4.78 is 0. The van der Waals surface area contributed by atoms with Crippen LogP contribution in [0.15, 0.2) is 0 Å². The molecule has 0 unspecified atom stereocenters. The molecule has 1 nitrogen and oxygen atoms in total. The first-order valence-corrected chi connectivity index (χ1v) is 7.51. The Morgan fingerprint density at radius 1 is 0.688 bits per heavy atom. The van der Waals surface area contributed by atoms with Crippen LogP contribution in [0.25, 0.3) is 0 Å². The fraction of sp³-hybridized carbons (Fsp3) is 1.00. The highest BCUT2D eigenvalue weighted by Gasteiger charge is 2.38. The molecule has 0 aliphatic heterocycles. The van der Waals surface area contributed by atoms with E-state index >= 15 is 0 Å². The topological polar surface area (TPSA) is 26.0 Å². The highest BCUT2D eigenvalue weighted by atomic mass is 14.7. The van der Waals surface area contributed by atoms with Crippen LogP contribution in [0.4, 0.5) is 0 Å². The van der Waals surface area contributed by atoms with Crippen LogP contribution in [0.1, 0.15) is 74.1 Å². The molecule has 2 aliphatic carbocycles. The molecule has 0 aromatic carbocycles. The molecule has 2 rings (SSSR count). The molecule has 0 aromatic rings. The fourth-order valence-electron chi connectivity index (χ4n) is 2.44. The Balaban J connectivity index is 0. The van der Waals surface area contributed by atoms with Gasteiger partial charge in [0, 0.05) is 6.04 Å². The average Bonchev–Trinajstić information content (AvgIpc) is 2.29. The molecule has 0 bridgehead atoms. The minimum absolute atomic E-state index is 0.556. The summed E-state index contributed by atoms with van der Waals surface area (Å²) in [6.45, 7) is 14.4. The zero-order valence-corrected chi connectivity index (χ0v) is 12.7. The Bertz CT molecular complexity index is 105. The number of hydrogen-bond donors (Lipinski definition) is 1. The van der Waals surface area contributed by atoms with Crippen molar-refractivity contribution in [1.29, 1.82) is 0 Å². The van der Waals surface area contributed by atoms with E-state index in [1.807, 2.05) is 41.5 Å². The Kier molecular flexibility index (Phi) is 13.1. The minimum Gasteiger partial charge on any atom is -0.328 e. The number of rotatable bonds is 1. The van der Waals surface area contributed by atoms with Crippen LogP contribution < -0.4 is 5.73 Å². The summed E-state index contributed by atoms with van der Waals surface area (Å²) in [6.07, 6.45) is 5.60. The van der Waals surface area contributed by atoms with Gasteiger partial charge in [0.05, 0.1) is 0 Å². The van der Waals surface area contributed by atoms with E-state index in [9.17, 15) is 0 Å². The first kappa shape index (κ1) is 18.3. The quantitative estimate of drug-likeness (QED) is 0.683. The van der Waals surface area contributed by atoms with Gasteiger partial charge in [-0.1, -0.05) is 48.5 Å². The monoisotopic (exact) mass is 229 g/mol. The van der Waals surface area contributed by atoms with Gasteiger partial charge in [0.2, 0.25) is 0 Å². The normalized spacial score (nSPS) is 34.5. The predicted molar refractivity (Wildman–Crippen MR) is 76.6 cm³/mol. The van der Waals surface area contributed by atoms with E-state index < -0.39 is 0 Å². The van der Waals surface area contributed by atoms with Gasteiger partial charge in [0.15, 0.2) is 0 Å². The first-order chi connectivity index (χ1) is 7.75. The molecule has 1 heteroatoms. The predicted octanol–water partition coefficient (Wildman–Crippen LogP) is 4.85. The largest absolute Gasteiger partial charge is 0.328 e. The van der Waals surface area contributed by atoms with Gasteiger partial charge in [0.1, 0.15) is 0 Å². The van der Waals surface area contributed by atoms with Crippen molar-refractivity contribution in [2.75, 3.05) is 0 Å². The van der Waals surface area contributed by atoms with Gasteiger partial charge in [-0.2, -0.15) is 0 Å². The molecule has 2 N–H and O–H groups in total. The Labute approximate surface area is 104 Å². The third-order valence-electron chi connectivity index (χ3n) is 3.29. The second kappa shape index (κ2) is 11.4. The Morgan fingerprint density at radius 3 is 1.25 bits per heavy atom. The lowest BCUT2D eigenvalue weighted by Crippen LogP contribution is -2.43. The maximum absolute atomic E-state index is 5.72. The smallest absolute Gasteiger partial charge is 0.00443 e. The summed E-state index contributed by atoms with van der Waals surface area (Å²) in [7, 11) is 0. The molecule has 2 saturated carbocycles. The van der Waals surface area contributed by atoms with Crippen LogP contribution >= 0.6 is 0 Å². The fourth-order valence-corrected chi connectivity index (χ4v) is 2.44. The lowest BCUT2D eigenvalue weighted by Gasteiger charge is -2.45. The molecule has 0 atom stereocenters. The van der Waals surface area contributed by atoms with E-state index in [1.165, 1.54) is 25.7 Å². The molecule has 0 aromatic heterocycles. The summed E-state index contributed by atoms with van der Waals surface area (Å²) in [5.74, 6) is 3.10. The zero-order chi connectivity index (χ0) is 13.1. The van der Waals surface area contributed by atoms with Crippen molar-refractivity contribution in [2.45, 2.75) is 80.2 Å². The Morgan fingerprint density at radius 2 is 1.00 bits per heavy atom. The van der Waals surface area contributed by atoms with Gasteiger partial charge in [-0.15, -0.1) is 0 Å². The van der Waals surface area contributed by atoms with E-state index in [2.05, 4.69) is 6.92 Å². The van der Waals surface area contributed by atoms with Gasteiger partial charge < -0.3 is 5.73 Å². The maximum atomic E-state index is 5.72. The molecular weight excluding hydrogens is 194 g/mol. The molecule has 0 saturated heterocycles. The van der Waals surface area contributed by atoms with E-state index in [4.69, 9.17) is 5.73 Å². The number of nitrogens with two attached hydrogens (primary N) is 1. The van der Waals surface area contributed by atoms with Crippen molar-refractivity contribution in [3.63, 3.8) is 0 Å². The summed E-state index contributed by atoms with van der Waals surface area (Å²) in [5.41, 5.74) is 5.72. The zero-order valence-electron chi connectivity index (χ0n) is 12.7. The third-order valence-corrected chi connectivity index (χ3v) is 3.29. The third kappa shape index (κ3) is 5.89. The maximum Gasteiger partial charge on any atom is 0.00443 e. The average molecular weight is 229 g/mol. The summed E-state index contributed by atoms with van der Waals surface area (Å²) >= 11 is 0. The second-order valence-corrected chi connectivity index (χ2v) is 4.33. The summed E-state index contributed by atoms with van der Waals surface area (Å²) in [6, 6.07) is 0.556.